The molecule has 1 saturated heterocycles. The molecule has 0 bridgehead atoms. The lowest BCUT2D eigenvalue weighted by Crippen LogP contribution is -2.39. The molecule has 2 heterocycles. The number of rotatable bonds is 3. The molecule has 1 aromatic carbocycles. The van der Waals surface area contributed by atoms with E-state index in [4.69, 9.17) is 10.2 Å². The second-order valence-electron chi connectivity index (χ2n) is 5.20. The first kappa shape index (κ1) is 13.8. The molecule has 1 aliphatic heterocycles. The number of furan rings is 1. The van der Waals surface area contributed by atoms with E-state index >= 15 is 0 Å². The summed E-state index contributed by atoms with van der Waals surface area (Å²) in [6.45, 7) is 1.19. The SMILES string of the molecule is NCC1CCCN1C(=O)c1ccc(-c2ccc(F)cc2)o1. The number of hydrogen-bond donors (Lipinski definition) is 1. The quantitative estimate of drug-likeness (QED) is 0.944. The van der Waals surface area contributed by atoms with Gasteiger partial charge < -0.3 is 15.1 Å². The zero-order valence-electron chi connectivity index (χ0n) is 11.6. The van der Waals surface area contributed by atoms with Crippen LogP contribution in [0.5, 0.6) is 0 Å². The van der Waals surface area contributed by atoms with Gasteiger partial charge in [-0.1, -0.05) is 0 Å². The molecule has 1 unspecified atom stereocenters. The van der Waals surface area contributed by atoms with Crippen molar-refractivity contribution in [3.8, 4) is 11.3 Å². The van der Waals surface area contributed by atoms with Crippen molar-refractivity contribution < 1.29 is 13.6 Å². The van der Waals surface area contributed by atoms with E-state index in [0.29, 0.717) is 24.6 Å². The zero-order chi connectivity index (χ0) is 14.8. The van der Waals surface area contributed by atoms with E-state index in [2.05, 4.69) is 0 Å². The maximum absolute atomic E-state index is 12.9. The maximum Gasteiger partial charge on any atom is 0.289 e. The number of likely N-dealkylation sites (tertiary alicyclic amines) is 1. The molecule has 0 aliphatic carbocycles. The van der Waals surface area contributed by atoms with Gasteiger partial charge in [0.15, 0.2) is 5.76 Å². The number of carbonyl (C=O) groups excluding carboxylic acids is 1. The minimum absolute atomic E-state index is 0.0943. The Labute approximate surface area is 122 Å². The molecule has 4 nitrogen and oxygen atoms in total. The van der Waals surface area contributed by atoms with E-state index in [9.17, 15) is 9.18 Å². The Morgan fingerprint density at radius 3 is 2.76 bits per heavy atom. The number of carbonyl (C=O) groups is 1. The van der Waals surface area contributed by atoms with Crippen LogP contribution in [0.2, 0.25) is 0 Å². The highest BCUT2D eigenvalue weighted by atomic mass is 19.1. The average Bonchev–Trinajstić information content (AvgIpc) is 3.16. The minimum Gasteiger partial charge on any atom is -0.451 e. The van der Waals surface area contributed by atoms with Crippen LogP contribution >= 0.6 is 0 Å². The molecule has 1 amide bonds. The third-order valence-corrected chi connectivity index (χ3v) is 3.86. The lowest BCUT2D eigenvalue weighted by atomic mass is 10.2. The van der Waals surface area contributed by atoms with E-state index in [-0.39, 0.29) is 17.8 Å². The molecule has 3 rings (SSSR count). The first-order valence-electron chi connectivity index (χ1n) is 7.06. The summed E-state index contributed by atoms with van der Waals surface area (Å²) in [4.78, 5) is 14.2. The third kappa shape index (κ3) is 2.69. The predicted molar refractivity (Wildman–Crippen MR) is 77.2 cm³/mol. The molecule has 5 heteroatoms. The number of amides is 1. The normalized spacial score (nSPS) is 18.2. The van der Waals surface area contributed by atoms with Crippen molar-refractivity contribution in [1.82, 2.24) is 4.90 Å². The predicted octanol–water partition coefficient (Wildman–Crippen LogP) is 2.65. The fraction of sp³-hybridized carbons (Fsp3) is 0.312. The van der Waals surface area contributed by atoms with E-state index in [0.717, 1.165) is 18.4 Å². The summed E-state index contributed by atoms with van der Waals surface area (Å²) < 4.78 is 18.5. The van der Waals surface area contributed by atoms with Crippen LogP contribution in [0.3, 0.4) is 0 Å². The summed E-state index contributed by atoms with van der Waals surface area (Å²) >= 11 is 0. The molecule has 0 saturated carbocycles. The van der Waals surface area contributed by atoms with Gasteiger partial charge in [0, 0.05) is 24.7 Å². The van der Waals surface area contributed by atoms with Gasteiger partial charge >= 0.3 is 0 Å². The summed E-state index contributed by atoms with van der Waals surface area (Å²) in [5.41, 5.74) is 6.43. The topological polar surface area (TPSA) is 59.5 Å². The van der Waals surface area contributed by atoms with Gasteiger partial charge in [-0.3, -0.25) is 4.79 Å². The van der Waals surface area contributed by atoms with Crippen LogP contribution in [0.1, 0.15) is 23.4 Å². The average molecular weight is 288 g/mol. The Hall–Kier alpha value is -2.14. The molecule has 21 heavy (non-hydrogen) atoms. The van der Waals surface area contributed by atoms with Crippen molar-refractivity contribution in [2.75, 3.05) is 13.1 Å². The molecule has 2 aromatic rings. The molecule has 110 valence electrons. The molecule has 1 atom stereocenters. The monoisotopic (exact) mass is 288 g/mol. The molecule has 1 aliphatic rings. The van der Waals surface area contributed by atoms with Crippen molar-refractivity contribution in [3.63, 3.8) is 0 Å². The van der Waals surface area contributed by atoms with Crippen LogP contribution in [-0.2, 0) is 0 Å². The van der Waals surface area contributed by atoms with Crippen molar-refractivity contribution in [1.29, 1.82) is 0 Å². The van der Waals surface area contributed by atoms with Gasteiger partial charge in [-0.2, -0.15) is 0 Å². The van der Waals surface area contributed by atoms with Gasteiger partial charge in [-0.05, 0) is 49.2 Å². The molecule has 0 radical (unpaired) electrons. The van der Waals surface area contributed by atoms with Crippen LogP contribution < -0.4 is 5.73 Å². The van der Waals surface area contributed by atoms with E-state index in [1.807, 2.05) is 0 Å². The second-order valence-corrected chi connectivity index (χ2v) is 5.20. The van der Waals surface area contributed by atoms with E-state index in [1.54, 1.807) is 29.2 Å². The molecule has 2 N–H and O–H groups in total. The van der Waals surface area contributed by atoms with Gasteiger partial charge in [0.2, 0.25) is 0 Å². The van der Waals surface area contributed by atoms with Crippen LogP contribution in [0.15, 0.2) is 40.8 Å². The number of benzene rings is 1. The highest BCUT2D eigenvalue weighted by molar-refractivity contribution is 5.92. The van der Waals surface area contributed by atoms with Gasteiger partial charge in [0.1, 0.15) is 11.6 Å². The number of halogens is 1. The van der Waals surface area contributed by atoms with Crippen molar-refractivity contribution in [2.45, 2.75) is 18.9 Å². The first-order chi connectivity index (χ1) is 10.2. The molecule has 1 aromatic heterocycles. The second kappa shape index (κ2) is 5.69. The van der Waals surface area contributed by atoms with Crippen LogP contribution in [0.4, 0.5) is 4.39 Å². The lowest BCUT2D eigenvalue weighted by Gasteiger charge is -2.22. The fourth-order valence-electron chi connectivity index (χ4n) is 2.71. The van der Waals surface area contributed by atoms with E-state index in [1.165, 1.54) is 12.1 Å². The first-order valence-corrected chi connectivity index (χ1v) is 7.06. The highest BCUT2D eigenvalue weighted by Gasteiger charge is 2.30. The lowest BCUT2D eigenvalue weighted by molar-refractivity contribution is 0.0710. The van der Waals surface area contributed by atoms with Crippen molar-refractivity contribution in [2.24, 2.45) is 5.73 Å². The zero-order valence-corrected chi connectivity index (χ0v) is 11.6. The number of hydrogen-bond acceptors (Lipinski definition) is 3. The van der Waals surface area contributed by atoms with Gasteiger partial charge in [0.05, 0.1) is 0 Å². The number of nitrogens with two attached hydrogens (primary N) is 1. The Balaban J connectivity index is 1.81. The molecular formula is C16H17FN2O2. The standard InChI is InChI=1S/C16H17FN2O2/c17-12-5-3-11(4-6-12)14-7-8-15(21-14)16(20)19-9-1-2-13(19)10-18/h3-8,13H,1-2,9-10,18H2. The van der Waals surface area contributed by atoms with Crippen molar-refractivity contribution >= 4 is 5.91 Å². The van der Waals surface area contributed by atoms with Crippen molar-refractivity contribution in [3.05, 3.63) is 48.0 Å². The smallest absolute Gasteiger partial charge is 0.289 e. The van der Waals surface area contributed by atoms with Crippen LogP contribution in [0.25, 0.3) is 11.3 Å². The molecule has 0 spiro atoms. The largest absolute Gasteiger partial charge is 0.451 e. The van der Waals surface area contributed by atoms with E-state index < -0.39 is 0 Å². The Kier molecular flexibility index (Phi) is 3.75. The van der Waals surface area contributed by atoms with Gasteiger partial charge in [0.25, 0.3) is 5.91 Å². The summed E-state index contributed by atoms with van der Waals surface area (Å²) in [5.74, 6) is 0.428. The highest BCUT2D eigenvalue weighted by Crippen LogP contribution is 2.25. The summed E-state index contributed by atoms with van der Waals surface area (Å²) in [7, 11) is 0. The Bertz CT molecular complexity index is 636. The Morgan fingerprint density at radius 1 is 1.29 bits per heavy atom. The minimum atomic E-state index is -0.301. The summed E-state index contributed by atoms with van der Waals surface area (Å²) in [6.07, 6.45) is 1.91. The maximum atomic E-state index is 12.9. The molecular weight excluding hydrogens is 271 g/mol. The number of nitrogens with zero attached hydrogens (tertiary/aromatic N) is 1. The van der Waals surface area contributed by atoms with Gasteiger partial charge in [-0.15, -0.1) is 0 Å². The Morgan fingerprint density at radius 2 is 2.05 bits per heavy atom. The summed E-state index contributed by atoms with van der Waals surface area (Å²) in [6, 6.07) is 9.47. The molecule has 1 fully saturated rings. The van der Waals surface area contributed by atoms with Gasteiger partial charge in [-0.25, -0.2) is 4.39 Å². The third-order valence-electron chi connectivity index (χ3n) is 3.86. The summed E-state index contributed by atoms with van der Waals surface area (Å²) in [5, 5.41) is 0. The van der Waals surface area contributed by atoms with Crippen LogP contribution in [-0.4, -0.2) is 29.9 Å². The fourth-order valence-corrected chi connectivity index (χ4v) is 2.71. The van der Waals surface area contributed by atoms with Crippen LogP contribution in [0, 0.1) is 5.82 Å².